The van der Waals surface area contributed by atoms with E-state index in [0.29, 0.717) is 0 Å². The fraction of sp³-hybridized carbons (Fsp3) is 0.308. The standard InChI is InChI=1S/C13H15NO2/c1-13(2,3)11-8-9-6-4-5-7-10(9)14(11)12(15)16/h4-8H,1-3H3,(H,15,16). The van der Waals surface area contributed by atoms with Gasteiger partial charge in [-0.15, -0.1) is 0 Å². The second-order valence-corrected chi connectivity index (χ2v) is 4.96. The molecule has 0 fully saturated rings. The van der Waals surface area contributed by atoms with Crippen LogP contribution < -0.4 is 0 Å². The molecule has 0 saturated carbocycles. The predicted molar refractivity (Wildman–Crippen MR) is 64.1 cm³/mol. The number of hydrogen-bond donors (Lipinski definition) is 1. The van der Waals surface area contributed by atoms with E-state index in [9.17, 15) is 9.90 Å². The van der Waals surface area contributed by atoms with Crippen LogP contribution in [0.2, 0.25) is 0 Å². The number of carbonyl (C=O) groups is 1. The maximum absolute atomic E-state index is 11.3. The van der Waals surface area contributed by atoms with E-state index in [1.165, 1.54) is 4.57 Å². The Morgan fingerprint density at radius 2 is 1.88 bits per heavy atom. The number of nitrogens with zero attached hydrogens (tertiary/aromatic N) is 1. The van der Waals surface area contributed by atoms with Gasteiger partial charge in [0.2, 0.25) is 0 Å². The molecule has 84 valence electrons. The highest BCUT2D eigenvalue weighted by Crippen LogP contribution is 2.29. The molecular weight excluding hydrogens is 202 g/mol. The lowest BCUT2D eigenvalue weighted by Crippen LogP contribution is -2.21. The first-order valence-corrected chi connectivity index (χ1v) is 5.25. The molecule has 0 amide bonds. The molecule has 3 heteroatoms. The SMILES string of the molecule is CC(C)(C)c1cc2ccccc2n1C(=O)O. The summed E-state index contributed by atoms with van der Waals surface area (Å²) in [5, 5.41) is 10.2. The maximum atomic E-state index is 11.3. The highest BCUT2D eigenvalue weighted by atomic mass is 16.4. The average Bonchev–Trinajstić information content (AvgIpc) is 2.55. The Bertz CT molecular complexity index is 547. The Labute approximate surface area is 94.3 Å². The molecule has 2 rings (SSSR count). The van der Waals surface area contributed by atoms with Crippen LogP contribution in [0.5, 0.6) is 0 Å². The van der Waals surface area contributed by atoms with Gasteiger partial charge in [-0.25, -0.2) is 9.36 Å². The van der Waals surface area contributed by atoms with Crippen molar-refractivity contribution in [1.82, 2.24) is 4.57 Å². The van der Waals surface area contributed by atoms with E-state index in [1.807, 2.05) is 51.1 Å². The number of benzene rings is 1. The highest BCUT2D eigenvalue weighted by Gasteiger charge is 2.23. The van der Waals surface area contributed by atoms with Crippen LogP contribution in [0.1, 0.15) is 26.5 Å². The minimum absolute atomic E-state index is 0.183. The minimum atomic E-state index is -0.925. The summed E-state index contributed by atoms with van der Waals surface area (Å²) in [5.41, 5.74) is 1.39. The van der Waals surface area contributed by atoms with Gasteiger partial charge in [-0.2, -0.15) is 0 Å². The van der Waals surface area contributed by atoms with Crippen molar-refractivity contribution in [1.29, 1.82) is 0 Å². The number of rotatable bonds is 0. The van der Waals surface area contributed by atoms with Crippen LogP contribution in [-0.4, -0.2) is 15.8 Å². The summed E-state index contributed by atoms with van der Waals surface area (Å²) in [5.74, 6) is 0. The summed E-state index contributed by atoms with van der Waals surface area (Å²) in [6.45, 7) is 6.04. The molecule has 1 aromatic heterocycles. The van der Waals surface area contributed by atoms with Gasteiger partial charge >= 0.3 is 6.09 Å². The van der Waals surface area contributed by atoms with Crippen LogP contribution in [-0.2, 0) is 5.41 Å². The average molecular weight is 217 g/mol. The number of para-hydroxylation sites is 1. The van der Waals surface area contributed by atoms with E-state index < -0.39 is 6.09 Å². The van der Waals surface area contributed by atoms with Gasteiger partial charge in [0.25, 0.3) is 0 Å². The molecule has 3 nitrogen and oxygen atoms in total. The molecular formula is C13H15NO2. The van der Waals surface area contributed by atoms with Gasteiger partial charge < -0.3 is 5.11 Å². The van der Waals surface area contributed by atoms with Crippen LogP contribution in [0, 0.1) is 0 Å². The summed E-state index contributed by atoms with van der Waals surface area (Å²) >= 11 is 0. The second kappa shape index (κ2) is 3.37. The van der Waals surface area contributed by atoms with Gasteiger partial charge in [0, 0.05) is 16.5 Å². The Hall–Kier alpha value is -1.77. The summed E-state index contributed by atoms with van der Waals surface area (Å²) in [7, 11) is 0. The third-order valence-electron chi connectivity index (χ3n) is 2.67. The molecule has 0 saturated heterocycles. The molecule has 0 aliphatic heterocycles. The molecule has 0 unspecified atom stereocenters. The monoisotopic (exact) mass is 217 g/mol. The van der Waals surface area contributed by atoms with Gasteiger partial charge in [0.05, 0.1) is 5.52 Å². The van der Waals surface area contributed by atoms with Crippen molar-refractivity contribution >= 4 is 17.0 Å². The van der Waals surface area contributed by atoms with Crippen molar-refractivity contribution in [2.45, 2.75) is 26.2 Å². The number of carboxylic acid groups (broad SMARTS) is 1. The van der Waals surface area contributed by atoms with Crippen molar-refractivity contribution in [2.75, 3.05) is 0 Å². The number of fused-ring (bicyclic) bond motifs is 1. The van der Waals surface area contributed by atoms with Crippen LogP contribution in [0.4, 0.5) is 4.79 Å². The van der Waals surface area contributed by atoms with Crippen molar-refractivity contribution < 1.29 is 9.90 Å². The van der Waals surface area contributed by atoms with Crippen molar-refractivity contribution in [3.05, 3.63) is 36.0 Å². The molecule has 0 aliphatic rings. The Kier molecular flexibility index (Phi) is 2.26. The Balaban J connectivity index is 2.84. The fourth-order valence-electron chi connectivity index (χ4n) is 1.91. The molecule has 16 heavy (non-hydrogen) atoms. The topological polar surface area (TPSA) is 42.2 Å². The zero-order valence-electron chi connectivity index (χ0n) is 9.69. The molecule has 0 atom stereocenters. The van der Waals surface area contributed by atoms with Gasteiger partial charge in [0.1, 0.15) is 0 Å². The first-order chi connectivity index (χ1) is 7.41. The Morgan fingerprint density at radius 3 is 2.44 bits per heavy atom. The van der Waals surface area contributed by atoms with E-state index in [2.05, 4.69) is 0 Å². The van der Waals surface area contributed by atoms with Gasteiger partial charge in [-0.3, -0.25) is 0 Å². The normalized spacial score (nSPS) is 11.9. The Morgan fingerprint density at radius 1 is 1.25 bits per heavy atom. The van der Waals surface area contributed by atoms with Gasteiger partial charge in [0.15, 0.2) is 0 Å². The number of hydrogen-bond acceptors (Lipinski definition) is 1. The highest BCUT2D eigenvalue weighted by molar-refractivity contribution is 5.90. The minimum Gasteiger partial charge on any atom is -0.464 e. The van der Waals surface area contributed by atoms with Crippen molar-refractivity contribution in [3.63, 3.8) is 0 Å². The zero-order chi connectivity index (χ0) is 11.9. The molecule has 0 bridgehead atoms. The molecule has 0 spiro atoms. The van der Waals surface area contributed by atoms with E-state index in [0.717, 1.165) is 16.6 Å². The fourth-order valence-corrected chi connectivity index (χ4v) is 1.91. The van der Waals surface area contributed by atoms with Gasteiger partial charge in [-0.05, 0) is 12.1 Å². The van der Waals surface area contributed by atoms with Crippen LogP contribution >= 0.6 is 0 Å². The summed E-state index contributed by atoms with van der Waals surface area (Å²) in [6.07, 6.45) is -0.925. The summed E-state index contributed by atoms with van der Waals surface area (Å²) < 4.78 is 1.37. The van der Waals surface area contributed by atoms with E-state index in [-0.39, 0.29) is 5.41 Å². The maximum Gasteiger partial charge on any atom is 0.416 e. The molecule has 1 N–H and O–H groups in total. The zero-order valence-corrected chi connectivity index (χ0v) is 9.69. The number of aromatic nitrogens is 1. The summed E-state index contributed by atoms with van der Waals surface area (Å²) in [6, 6.07) is 9.49. The molecule has 0 aliphatic carbocycles. The van der Waals surface area contributed by atoms with E-state index in [4.69, 9.17) is 0 Å². The first-order valence-electron chi connectivity index (χ1n) is 5.25. The molecule has 0 radical (unpaired) electrons. The summed E-state index contributed by atoms with van der Waals surface area (Å²) in [4.78, 5) is 11.3. The lowest BCUT2D eigenvalue weighted by Gasteiger charge is -2.19. The van der Waals surface area contributed by atoms with Crippen LogP contribution in [0.15, 0.2) is 30.3 Å². The van der Waals surface area contributed by atoms with Crippen molar-refractivity contribution in [2.24, 2.45) is 0 Å². The third kappa shape index (κ3) is 1.58. The predicted octanol–water partition coefficient (Wildman–Crippen LogP) is 3.46. The largest absolute Gasteiger partial charge is 0.464 e. The van der Waals surface area contributed by atoms with Gasteiger partial charge in [-0.1, -0.05) is 39.0 Å². The lowest BCUT2D eigenvalue weighted by atomic mass is 9.92. The molecule has 1 aromatic carbocycles. The van der Waals surface area contributed by atoms with Crippen molar-refractivity contribution in [3.8, 4) is 0 Å². The second-order valence-electron chi connectivity index (χ2n) is 4.96. The van der Waals surface area contributed by atoms with Crippen LogP contribution in [0.25, 0.3) is 10.9 Å². The lowest BCUT2D eigenvalue weighted by molar-refractivity contribution is 0.195. The third-order valence-corrected chi connectivity index (χ3v) is 2.67. The first kappa shape index (κ1) is 10.7. The van der Waals surface area contributed by atoms with E-state index in [1.54, 1.807) is 0 Å². The van der Waals surface area contributed by atoms with E-state index >= 15 is 0 Å². The quantitative estimate of drug-likeness (QED) is 0.734. The molecule has 2 aromatic rings. The molecule has 1 heterocycles. The van der Waals surface area contributed by atoms with Crippen LogP contribution in [0.3, 0.4) is 0 Å². The smallest absolute Gasteiger partial charge is 0.416 e.